The summed E-state index contributed by atoms with van der Waals surface area (Å²) in [4.78, 5) is 29.9. The summed E-state index contributed by atoms with van der Waals surface area (Å²) in [5, 5.41) is 5.19. The van der Waals surface area contributed by atoms with Gasteiger partial charge in [0.1, 0.15) is 0 Å². The molecule has 1 unspecified atom stereocenters. The summed E-state index contributed by atoms with van der Waals surface area (Å²) in [6, 6.07) is 4.37. The van der Waals surface area contributed by atoms with Gasteiger partial charge in [-0.15, -0.1) is 11.3 Å². The van der Waals surface area contributed by atoms with Crippen molar-refractivity contribution in [3.05, 3.63) is 22.4 Å². The van der Waals surface area contributed by atoms with Crippen LogP contribution in [0.5, 0.6) is 0 Å². The lowest BCUT2D eigenvalue weighted by atomic mass is 9.95. The monoisotopic (exact) mass is 349 g/mol. The van der Waals surface area contributed by atoms with Crippen molar-refractivity contribution in [1.29, 1.82) is 0 Å². The maximum absolute atomic E-state index is 12.5. The highest BCUT2D eigenvalue weighted by Crippen LogP contribution is 2.32. The van der Waals surface area contributed by atoms with Gasteiger partial charge in [0.25, 0.3) is 0 Å². The second-order valence-corrected chi connectivity index (χ2v) is 8.09. The number of carbonyl (C=O) groups is 2. The lowest BCUT2D eigenvalue weighted by molar-refractivity contribution is -0.136. The quantitative estimate of drug-likeness (QED) is 0.856. The van der Waals surface area contributed by atoms with Gasteiger partial charge in [0, 0.05) is 36.3 Å². The van der Waals surface area contributed by atoms with E-state index in [1.54, 1.807) is 11.3 Å². The molecular formula is C18H27N3O2S. The minimum absolute atomic E-state index is 0.0411. The third-order valence-electron chi connectivity index (χ3n) is 5.07. The summed E-state index contributed by atoms with van der Waals surface area (Å²) in [6.45, 7) is 2.10. The second-order valence-electron chi connectivity index (χ2n) is 7.11. The second kappa shape index (κ2) is 7.66. The normalized spacial score (nSPS) is 20.2. The van der Waals surface area contributed by atoms with Crippen LogP contribution in [0.3, 0.4) is 0 Å². The van der Waals surface area contributed by atoms with Crippen LogP contribution in [0, 0.1) is 11.8 Å². The molecule has 1 N–H and O–H groups in total. The van der Waals surface area contributed by atoms with Gasteiger partial charge in [-0.3, -0.25) is 9.59 Å². The third kappa shape index (κ3) is 4.16. The van der Waals surface area contributed by atoms with E-state index in [2.05, 4.69) is 21.7 Å². The van der Waals surface area contributed by atoms with E-state index >= 15 is 0 Å². The molecule has 1 aliphatic carbocycles. The topological polar surface area (TPSA) is 52.7 Å². The van der Waals surface area contributed by atoms with Gasteiger partial charge < -0.3 is 15.1 Å². The van der Waals surface area contributed by atoms with Crippen molar-refractivity contribution in [3.63, 3.8) is 0 Å². The Kier molecular flexibility index (Phi) is 5.56. The average molecular weight is 350 g/mol. The molecule has 1 atom stereocenters. The predicted molar refractivity (Wildman–Crippen MR) is 95.8 cm³/mol. The van der Waals surface area contributed by atoms with E-state index in [1.165, 1.54) is 4.88 Å². The van der Waals surface area contributed by atoms with Crippen LogP contribution in [0.25, 0.3) is 0 Å². The molecular weight excluding hydrogens is 322 g/mol. The molecule has 0 radical (unpaired) electrons. The Morgan fingerprint density at radius 1 is 1.25 bits per heavy atom. The number of nitrogens with one attached hydrogen (secondary N) is 1. The zero-order chi connectivity index (χ0) is 17.1. The lowest BCUT2D eigenvalue weighted by Crippen LogP contribution is -2.44. The average Bonchev–Trinajstić information content (AvgIpc) is 3.30. The maximum atomic E-state index is 12.5. The molecule has 0 bridgehead atoms. The van der Waals surface area contributed by atoms with E-state index in [4.69, 9.17) is 0 Å². The van der Waals surface area contributed by atoms with Crippen LogP contribution in [-0.4, -0.2) is 55.3 Å². The predicted octanol–water partition coefficient (Wildman–Crippen LogP) is 2.12. The van der Waals surface area contributed by atoms with Crippen LogP contribution >= 0.6 is 11.3 Å². The van der Waals surface area contributed by atoms with Crippen molar-refractivity contribution >= 4 is 23.2 Å². The largest absolute Gasteiger partial charge is 0.354 e. The molecule has 0 spiro atoms. The molecule has 6 heteroatoms. The van der Waals surface area contributed by atoms with Crippen LogP contribution < -0.4 is 5.32 Å². The lowest BCUT2D eigenvalue weighted by Gasteiger charge is -2.32. The van der Waals surface area contributed by atoms with Gasteiger partial charge in [-0.25, -0.2) is 0 Å². The number of hydrogen-bond donors (Lipinski definition) is 1. The molecule has 2 heterocycles. The molecule has 0 aromatic carbocycles. The van der Waals surface area contributed by atoms with Crippen molar-refractivity contribution in [2.45, 2.75) is 31.7 Å². The van der Waals surface area contributed by atoms with E-state index in [0.717, 1.165) is 38.8 Å². The Morgan fingerprint density at radius 2 is 1.96 bits per heavy atom. The highest BCUT2D eigenvalue weighted by Gasteiger charge is 2.36. The third-order valence-corrected chi connectivity index (χ3v) is 6.04. The summed E-state index contributed by atoms with van der Waals surface area (Å²) >= 11 is 1.72. The number of hydrogen-bond acceptors (Lipinski definition) is 4. The molecule has 1 aromatic rings. The number of carbonyl (C=O) groups excluding carboxylic acids is 2. The van der Waals surface area contributed by atoms with Gasteiger partial charge in [-0.05, 0) is 51.2 Å². The highest BCUT2D eigenvalue weighted by molar-refractivity contribution is 7.10. The standard InChI is InChI=1S/C18H27N3O2S/c1-20(2)15(16-4-3-11-24-16)12-19-17(22)13-7-9-21(10-8-13)18(23)14-5-6-14/h3-4,11,13-15H,5-10,12H2,1-2H3,(H,19,22). The molecule has 1 saturated carbocycles. The van der Waals surface area contributed by atoms with Crippen LogP contribution in [-0.2, 0) is 9.59 Å². The molecule has 132 valence electrons. The number of likely N-dealkylation sites (N-methyl/N-ethyl adjacent to an activating group) is 1. The van der Waals surface area contributed by atoms with E-state index in [9.17, 15) is 9.59 Å². The minimum Gasteiger partial charge on any atom is -0.354 e. The Bertz CT molecular complexity index is 561. The fourth-order valence-electron chi connectivity index (χ4n) is 3.31. The van der Waals surface area contributed by atoms with Crippen molar-refractivity contribution in [2.75, 3.05) is 33.7 Å². The van der Waals surface area contributed by atoms with Crippen molar-refractivity contribution in [2.24, 2.45) is 11.8 Å². The summed E-state index contributed by atoms with van der Waals surface area (Å²) in [5.74, 6) is 0.762. The Balaban J connectivity index is 1.46. The Morgan fingerprint density at radius 3 is 2.50 bits per heavy atom. The molecule has 5 nitrogen and oxygen atoms in total. The smallest absolute Gasteiger partial charge is 0.225 e. The Labute approximate surface area is 148 Å². The van der Waals surface area contributed by atoms with Crippen LogP contribution in [0.15, 0.2) is 17.5 Å². The molecule has 2 amide bonds. The van der Waals surface area contributed by atoms with Gasteiger partial charge in [0.05, 0.1) is 6.04 Å². The fourth-order valence-corrected chi connectivity index (χ4v) is 4.23. The van der Waals surface area contributed by atoms with E-state index in [-0.39, 0.29) is 23.8 Å². The van der Waals surface area contributed by atoms with Crippen LogP contribution in [0.4, 0.5) is 0 Å². The first kappa shape index (κ1) is 17.4. The number of piperidine rings is 1. The van der Waals surface area contributed by atoms with Crippen molar-refractivity contribution < 1.29 is 9.59 Å². The number of amides is 2. The Hall–Kier alpha value is -1.40. The fraction of sp³-hybridized carbons (Fsp3) is 0.667. The minimum atomic E-state index is 0.0411. The number of rotatable bonds is 6. The molecule has 1 aromatic heterocycles. The molecule has 2 aliphatic rings. The molecule has 24 heavy (non-hydrogen) atoms. The molecule has 1 saturated heterocycles. The van der Waals surface area contributed by atoms with E-state index in [0.29, 0.717) is 12.5 Å². The highest BCUT2D eigenvalue weighted by atomic mass is 32.1. The van der Waals surface area contributed by atoms with Crippen LogP contribution in [0.2, 0.25) is 0 Å². The summed E-state index contributed by atoms with van der Waals surface area (Å²) in [7, 11) is 4.08. The zero-order valence-electron chi connectivity index (χ0n) is 14.5. The number of likely N-dealkylation sites (tertiary alicyclic amines) is 1. The van der Waals surface area contributed by atoms with Gasteiger partial charge >= 0.3 is 0 Å². The van der Waals surface area contributed by atoms with Gasteiger partial charge in [-0.2, -0.15) is 0 Å². The van der Waals surface area contributed by atoms with Crippen molar-refractivity contribution in [1.82, 2.24) is 15.1 Å². The molecule has 1 aliphatic heterocycles. The first-order chi connectivity index (χ1) is 11.6. The molecule has 3 rings (SSSR count). The maximum Gasteiger partial charge on any atom is 0.225 e. The van der Waals surface area contributed by atoms with E-state index in [1.807, 2.05) is 25.1 Å². The summed E-state index contributed by atoms with van der Waals surface area (Å²) in [5.41, 5.74) is 0. The van der Waals surface area contributed by atoms with Gasteiger partial charge in [0.2, 0.25) is 11.8 Å². The zero-order valence-corrected chi connectivity index (χ0v) is 15.3. The summed E-state index contributed by atoms with van der Waals surface area (Å²) < 4.78 is 0. The van der Waals surface area contributed by atoms with E-state index < -0.39 is 0 Å². The van der Waals surface area contributed by atoms with Gasteiger partial charge in [0.15, 0.2) is 0 Å². The summed E-state index contributed by atoms with van der Waals surface area (Å²) in [6.07, 6.45) is 3.67. The van der Waals surface area contributed by atoms with Crippen molar-refractivity contribution in [3.8, 4) is 0 Å². The van der Waals surface area contributed by atoms with Gasteiger partial charge in [-0.1, -0.05) is 6.07 Å². The first-order valence-electron chi connectivity index (χ1n) is 8.82. The van der Waals surface area contributed by atoms with Crippen LogP contribution in [0.1, 0.15) is 36.6 Å². The first-order valence-corrected chi connectivity index (χ1v) is 9.70. The number of thiophene rings is 1. The SMILES string of the molecule is CN(C)C(CNC(=O)C1CCN(C(=O)C2CC2)CC1)c1cccs1. The molecule has 2 fully saturated rings. The number of nitrogens with zero attached hydrogens (tertiary/aromatic N) is 2.